The molecular weight excluding hydrogens is 160 g/mol. The lowest BCUT2D eigenvalue weighted by Crippen LogP contribution is -2.34. The number of rotatable bonds is 0. The molecule has 1 heteroatoms. The van der Waals surface area contributed by atoms with Gasteiger partial charge in [0.2, 0.25) is 0 Å². The molecule has 0 unspecified atom stereocenters. The van der Waals surface area contributed by atoms with Gasteiger partial charge in [0.1, 0.15) is 0 Å². The second kappa shape index (κ2) is 4.28. The van der Waals surface area contributed by atoms with Gasteiger partial charge in [0.05, 0.1) is 12.2 Å². The van der Waals surface area contributed by atoms with Gasteiger partial charge in [0.25, 0.3) is 0 Å². The third-order valence-corrected chi connectivity index (χ3v) is 3.41. The van der Waals surface area contributed by atoms with Gasteiger partial charge in [-0.1, -0.05) is 44.3 Å². The lowest BCUT2D eigenvalue weighted by molar-refractivity contribution is -0.0544. The van der Waals surface area contributed by atoms with Crippen molar-refractivity contribution in [2.45, 2.75) is 57.0 Å². The summed E-state index contributed by atoms with van der Waals surface area (Å²) < 4.78 is 5.96. The van der Waals surface area contributed by atoms with Crippen LogP contribution < -0.4 is 0 Å². The Bertz CT molecular complexity index is 176. The lowest BCUT2D eigenvalue weighted by Gasteiger charge is -2.36. The van der Waals surface area contributed by atoms with Gasteiger partial charge in [-0.25, -0.2) is 0 Å². The second-order valence-electron chi connectivity index (χ2n) is 4.44. The minimum absolute atomic E-state index is 0.245. The van der Waals surface area contributed by atoms with E-state index in [1.165, 1.54) is 44.9 Å². The average Bonchev–Trinajstić information content (AvgIpc) is 2.14. The number of ether oxygens (including phenoxy) is 1. The van der Waals surface area contributed by atoms with Crippen LogP contribution in [0.1, 0.15) is 51.4 Å². The third-order valence-electron chi connectivity index (χ3n) is 3.41. The normalized spacial score (nSPS) is 28.3. The Labute approximate surface area is 81.2 Å². The smallest absolute Gasteiger partial charge is 0.0721 e. The highest BCUT2D eigenvalue weighted by molar-refractivity contribution is 4.98. The maximum Gasteiger partial charge on any atom is 0.0721 e. The first kappa shape index (κ1) is 9.26. The molecule has 0 radical (unpaired) electrons. The Morgan fingerprint density at radius 1 is 0.846 bits per heavy atom. The summed E-state index contributed by atoms with van der Waals surface area (Å²) in [5.74, 6) is 0. The summed E-state index contributed by atoms with van der Waals surface area (Å²) in [7, 11) is 0. The summed E-state index contributed by atoms with van der Waals surface area (Å²) in [5.41, 5.74) is 0.245. The predicted molar refractivity (Wildman–Crippen MR) is 54.8 cm³/mol. The van der Waals surface area contributed by atoms with Crippen molar-refractivity contribution in [1.29, 1.82) is 0 Å². The van der Waals surface area contributed by atoms with Crippen LogP contribution in [0.5, 0.6) is 0 Å². The van der Waals surface area contributed by atoms with Crippen molar-refractivity contribution in [3.63, 3.8) is 0 Å². The van der Waals surface area contributed by atoms with Crippen LogP contribution in [-0.4, -0.2) is 12.2 Å². The molecule has 0 saturated heterocycles. The van der Waals surface area contributed by atoms with Crippen molar-refractivity contribution in [3.8, 4) is 0 Å². The SMILES string of the molecule is C1=CCC2(CCCCCCC2)OC1. The fourth-order valence-electron chi connectivity index (χ4n) is 2.55. The molecule has 2 aliphatic rings. The van der Waals surface area contributed by atoms with Gasteiger partial charge < -0.3 is 4.74 Å². The molecule has 74 valence electrons. The Morgan fingerprint density at radius 3 is 2.15 bits per heavy atom. The summed E-state index contributed by atoms with van der Waals surface area (Å²) in [6.07, 6.45) is 15.2. The number of hydrogen-bond acceptors (Lipinski definition) is 1. The van der Waals surface area contributed by atoms with Crippen molar-refractivity contribution < 1.29 is 4.74 Å². The Hall–Kier alpha value is -0.300. The zero-order chi connectivity index (χ0) is 8.99. The topological polar surface area (TPSA) is 9.23 Å². The molecule has 1 nitrogen and oxygen atoms in total. The van der Waals surface area contributed by atoms with Gasteiger partial charge in [-0.05, 0) is 19.3 Å². The van der Waals surface area contributed by atoms with Gasteiger partial charge in [-0.15, -0.1) is 0 Å². The molecule has 0 bridgehead atoms. The molecule has 13 heavy (non-hydrogen) atoms. The van der Waals surface area contributed by atoms with Crippen molar-refractivity contribution >= 4 is 0 Å². The maximum atomic E-state index is 5.96. The molecule has 1 spiro atoms. The zero-order valence-corrected chi connectivity index (χ0v) is 8.43. The molecule has 0 amide bonds. The van der Waals surface area contributed by atoms with Crippen LogP contribution in [0, 0.1) is 0 Å². The largest absolute Gasteiger partial charge is 0.371 e. The summed E-state index contributed by atoms with van der Waals surface area (Å²) in [6, 6.07) is 0. The molecule has 0 atom stereocenters. The van der Waals surface area contributed by atoms with E-state index in [1.807, 2.05) is 0 Å². The van der Waals surface area contributed by atoms with E-state index in [1.54, 1.807) is 0 Å². The third kappa shape index (κ3) is 2.34. The molecule has 1 aliphatic carbocycles. The van der Waals surface area contributed by atoms with E-state index in [4.69, 9.17) is 4.74 Å². The molecule has 0 aromatic carbocycles. The van der Waals surface area contributed by atoms with Crippen molar-refractivity contribution in [2.24, 2.45) is 0 Å². The fourth-order valence-corrected chi connectivity index (χ4v) is 2.55. The average molecular weight is 180 g/mol. The molecule has 1 heterocycles. The van der Waals surface area contributed by atoms with Crippen molar-refractivity contribution in [2.75, 3.05) is 6.61 Å². The monoisotopic (exact) mass is 180 g/mol. The predicted octanol–water partition coefficient (Wildman–Crippen LogP) is 3.45. The van der Waals surface area contributed by atoms with Crippen LogP contribution in [0.2, 0.25) is 0 Å². The zero-order valence-electron chi connectivity index (χ0n) is 8.43. The van der Waals surface area contributed by atoms with E-state index in [0.717, 1.165) is 13.0 Å². The minimum Gasteiger partial charge on any atom is -0.371 e. The lowest BCUT2D eigenvalue weighted by atomic mass is 9.83. The van der Waals surface area contributed by atoms with E-state index in [-0.39, 0.29) is 5.60 Å². The highest BCUT2D eigenvalue weighted by Gasteiger charge is 2.30. The molecular formula is C12H20O. The van der Waals surface area contributed by atoms with Gasteiger partial charge in [0.15, 0.2) is 0 Å². The Kier molecular flexibility index (Phi) is 3.05. The van der Waals surface area contributed by atoms with E-state index in [0.29, 0.717) is 0 Å². The summed E-state index contributed by atoms with van der Waals surface area (Å²) >= 11 is 0. The molecule has 1 saturated carbocycles. The molecule has 1 fully saturated rings. The van der Waals surface area contributed by atoms with Crippen LogP contribution in [0.25, 0.3) is 0 Å². The Balaban J connectivity index is 1.96. The van der Waals surface area contributed by atoms with Gasteiger partial charge in [0, 0.05) is 0 Å². The minimum atomic E-state index is 0.245. The van der Waals surface area contributed by atoms with Crippen LogP contribution in [0.4, 0.5) is 0 Å². The first-order valence-electron chi connectivity index (χ1n) is 5.70. The summed E-state index contributed by atoms with van der Waals surface area (Å²) in [5, 5.41) is 0. The van der Waals surface area contributed by atoms with E-state index >= 15 is 0 Å². The second-order valence-corrected chi connectivity index (χ2v) is 4.44. The molecule has 1 aliphatic heterocycles. The molecule has 0 aromatic heterocycles. The van der Waals surface area contributed by atoms with Gasteiger partial charge >= 0.3 is 0 Å². The van der Waals surface area contributed by atoms with Crippen molar-refractivity contribution in [1.82, 2.24) is 0 Å². The highest BCUT2D eigenvalue weighted by atomic mass is 16.5. The van der Waals surface area contributed by atoms with Gasteiger partial charge in [-0.3, -0.25) is 0 Å². The first-order chi connectivity index (χ1) is 6.41. The van der Waals surface area contributed by atoms with Crippen LogP contribution in [0.3, 0.4) is 0 Å². The number of hydrogen-bond donors (Lipinski definition) is 0. The van der Waals surface area contributed by atoms with Gasteiger partial charge in [-0.2, -0.15) is 0 Å². The molecule has 0 N–H and O–H groups in total. The van der Waals surface area contributed by atoms with Crippen LogP contribution >= 0.6 is 0 Å². The van der Waals surface area contributed by atoms with Crippen LogP contribution in [0.15, 0.2) is 12.2 Å². The summed E-state index contributed by atoms with van der Waals surface area (Å²) in [4.78, 5) is 0. The van der Waals surface area contributed by atoms with Crippen LogP contribution in [-0.2, 0) is 4.74 Å². The quantitative estimate of drug-likeness (QED) is 0.519. The van der Waals surface area contributed by atoms with E-state index < -0.39 is 0 Å². The molecule has 2 rings (SSSR count). The Morgan fingerprint density at radius 2 is 1.54 bits per heavy atom. The fraction of sp³-hybridized carbons (Fsp3) is 0.833. The van der Waals surface area contributed by atoms with E-state index in [2.05, 4.69) is 12.2 Å². The van der Waals surface area contributed by atoms with E-state index in [9.17, 15) is 0 Å². The first-order valence-corrected chi connectivity index (χ1v) is 5.70. The molecule has 0 aromatic rings. The van der Waals surface area contributed by atoms with Crippen molar-refractivity contribution in [3.05, 3.63) is 12.2 Å². The summed E-state index contributed by atoms with van der Waals surface area (Å²) in [6.45, 7) is 0.847. The highest BCUT2D eigenvalue weighted by Crippen LogP contribution is 2.34. The maximum absolute atomic E-state index is 5.96. The standard InChI is InChI=1S/C12H20O/c1-2-4-8-12(9-5-3-1)10-6-7-11-13-12/h6-7H,1-5,8-11H2.